The molecule has 2 fully saturated rings. The molecule has 8 nitrogen and oxygen atoms in total. The molecule has 2 saturated heterocycles. The van der Waals surface area contributed by atoms with Crippen molar-refractivity contribution in [2.75, 3.05) is 56.7 Å². The van der Waals surface area contributed by atoms with Gasteiger partial charge in [-0.05, 0) is 53.1 Å². The van der Waals surface area contributed by atoms with Crippen LogP contribution in [0.15, 0.2) is 54.6 Å². The third-order valence-corrected chi connectivity index (χ3v) is 6.73. The first-order valence-corrected chi connectivity index (χ1v) is 11.9. The second-order valence-electron chi connectivity index (χ2n) is 9.10. The highest BCUT2D eigenvalue weighted by Gasteiger charge is 2.31. The Hall–Kier alpha value is -2.97. The fourth-order valence-corrected chi connectivity index (χ4v) is 4.87. The molecule has 3 aromatic rings. The van der Waals surface area contributed by atoms with Crippen LogP contribution in [0.3, 0.4) is 0 Å². The Morgan fingerprint density at radius 1 is 1.00 bits per heavy atom. The van der Waals surface area contributed by atoms with Crippen LogP contribution in [-0.2, 0) is 11.3 Å². The first kappa shape index (κ1) is 21.9. The highest BCUT2D eigenvalue weighted by molar-refractivity contribution is 5.48. The predicted molar refractivity (Wildman–Crippen MR) is 130 cm³/mol. The van der Waals surface area contributed by atoms with Gasteiger partial charge in [-0.15, -0.1) is 5.10 Å². The molecule has 0 radical (unpaired) electrons. The zero-order valence-corrected chi connectivity index (χ0v) is 19.5. The number of para-hydroxylation sites is 1. The zero-order valence-electron chi connectivity index (χ0n) is 19.5. The molecule has 33 heavy (non-hydrogen) atoms. The van der Waals surface area contributed by atoms with E-state index < -0.39 is 0 Å². The van der Waals surface area contributed by atoms with Crippen molar-refractivity contribution < 1.29 is 4.74 Å². The van der Waals surface area contributed by atoms with Gasteiger partial charge in [0.25, 0.3) is 0 Å². The molecule has 2 aliphatic heterocycles. The molecule has 0 aliphatic carbocycles. The van der Waals surface area contributed by atoms with Gasteiger partial charge in [-0.3, -0.25) is 4.90 Å². The van der Waals surface area contributed by atoms with Gasteiger partial charge in [0.1, 0.15) is 0 Å². The van der Waals surface area contributed by atoms with E-state index in [4.69, 9.17) is 4.74 Å². The topological polar surface area (TPSA) is 62.6 Å². The molecule has 3 heterocycles. The third-order valence-electron chi connectivity index (χ3n) is 6.73. The van der Waals surface area contributed by atoms with Crippen LogP contribution in [0.5, 0.6) is 0 Å². The number of piperazine rings is 1. The number of hydrogen-bond acceptors (Lipinski definition) is 7. The van der Waals surface area contributed by atoms with Crippen molar-refractivity contribution in [3.8, 4) is 0 Å². The molecule has 2 unspecified atom stereocenters. The Bertz CT molecular complexity index is 1010. The number of ether oxygens (including phenoxy) is 1. The minimum atomic E-state index is 0.00976. The molecular formula is C25H33N7O. The molecule has 0 amide bonds. The molecule has 174 valence electrons. The smallest absolute Gasteiger partial charge is 0.173 e. The van der Waals surface area contributed by atoms with Crippen LogP contribution < -0.4 is 9.80 Å². The molecule has 0 spiro atoms. The SMILES string of the molecule is CN(C)c1ccc(C(c2nnnn2CC2CCCO2)N2CCN(c3ccccc3)CC2)cc1. The quantitative estimate of drug-likeness (QED) is 0.552. The van der Waals surface area contributed by atoms with Crippen molar-refractivity contribution in [2.45, 2.75) is 31.5 Å². The van der Waals surface area contributed by atoms with Gasteiger partial charge < -0.3 is 14.5 Å². The number of tetrazole rings is 1. The summed E-state index contributed by atoms with van der Waals surface area (Å²) in [6.45, 7) is 5.38. The summed E-state index contributed by atoms with van der Waals surface area (Å²) in [7, 11) is 4.13. The Morgan fingerprint density at radius 2 is 1.76 bits per heavy atom. The van der Waals surface area contributed by atoms with E-state index in [-0.39, 0.29) is 12.1 Å². The van der Waals surface area contributed by atoms with Crippen molar-refractivity contribution in [3.63, 3.8) is 0 Å². The second-order valence-corrected chi connectivity index (χ2v) is 9.10. The molecule has 0 N–H and O–H groups in total. The number of rotatable bonds is 7. The average molecular weight is 448 g/mol. The number of aromatic nitrogens is 4. The van der Waals surface area contributed by atoms with E-state index in [1.165, 1.54) is 16.9 Å². The molecule has 0 bridgehead atoms. The van der Waals surface area contributed by atoms with Crippen molar-refractivity contribution in [3.05, 3.63) is 66.0 Å². The van der Waals surface area contributed by atoms with Gasteiger partial charge in [0.05, 0.1) is 18.7 Å². The number of hydrogen-bond donors (Lipinski definition) is 0. The van der Waals surface area contributed by atoms with Crippen LogP contribution in [0.25, 0.3) is 0 Å². The number of nitrogens with zero attached hydrogens (tertiary/aromatic N) is 7. The zero-order chi connectivity index (χ0) is 22.6. The Labute approximate surface area is 195 Å². The highest BCUT2D eigenvalue weighted by atomic mass is 16.5. The summed E-state index contributed by atoms with van der Waals surface area (Å²) >= 11 is 0. The summed E-state index contributed by atoms with van der Waals surface area (Å²) in [5.74, 6) is 0.899. The van der Waals surface area contributed by atoms with Crippen molar-refractivity contribution in [1.29, 1.82) is 0 Å². The van der Waals surface area contributed by atoms with Gasteiger partial charge in [-0.1, -0.05) is 30.3 Å². The average Bonchev–Trinajstić information content (AvgIpc) is 3.54. The minimum Gasteiger partial charge on any atom is -0.378 e. The van der Waals surface area contributed by atoms with E-state index in [0.29, 0.717) is 6.54 Å². The fourth-order valence-electron chi connectivity index (χ4n) is 4.87. The summed E-state index contributed by atoms with van der Waals surface area (Å²) in [5, 5.41) is 13.0. The van der Waals surface area contributed by atoms with Gasteiger partial charge in [-0.2, -0.15) is 0 Å². The summed E-state index contributed by atoms with van der Waals surface area (Å²) in [6, 6.07) is 19.5. The third kappa shape index (κ3) is 4.86. The molecule has 2 atom stereocenters. The summed E-state index contributed by atoms with van der Waals surface area (Å²) in [4.78, 5) is 7.10. The number of benzene rings is 2. The predicted octanol–water partition coefficient (Wildman–Crippen LogP) is 2.83. The van der Waals surface area contributed by atoms with E-state index in [0.717, 1.165) is 51.5 Å². The Kier molecular flexibility index (Phi) is 6.55. The van der Waals surface area contributed by atoms with Gasteiger partial charge >= 0.3 is 0 Å². The summed E-state index contributed by atoms with van der Waals surface area (Å²) in [6.07, 6.45) is 2.37. The Morgan fingerprint density at radius 3 is 2.42 bits per heavy atom. The first-order valence-electron chi connectivity index (χ1n) is 11.9. The van der Waals surface area contributed by atoms with Crippen molar-refractivity contribution in [1.82, 2.24) is 25.1 Å². The molecule has 2 aromatic carbocycles. The van der Waals surface area contributed by atoms with Crippen LogP contribution in [0, 0.1) is 0 Å². The summed E-state index contributed by atoms with van der Waals surface area (Å²) < 4.78 is 7.84. The molecule has 2 aliphatic rings. The van der Waals surface area contributed by atoms with Crippen LogP contribution in [0.2, 0.25) is 0 Å². The van der Waals surface area contributed by atoms with E-state index in [1.54, 1.807) is 0 Å². The number of anilines is 2. The van der Waals surface area contributed by atoms with Crippen LogP contribution in [0.1, 0.15) is 30.3 Å². The fraction of sp³-hybridized carbons (Fsp3) is 0.480. The largest absolute Gasteiger partial charge is 0.378 e. The standard InChI is InChI=1S/C25H33N7O/c1-29(2)21-12-10-20(11-13-21)24(25-26-27-28-32(25)19-23-9-6-18-33-23)31-16-14-30(15-17-31)22-7-4-3-5-8-22/h3-5,7-8,10-13,23-24H,6,9,14-19H2,1-2H3. The van der Waals surface area contributed by atoms with E-state index >= 15 is 0 Å². The maximum absolute atomic E-state index is 5.88. The maximum atomic E-state index is 5.88. The molecule has 5 rings (SSSR count). The second kappa shape index (κ2) is 9.89. The monoisotopic (exact) mass is 447 g/mol. The van der Waals surface area contributed by atoms with Gasteiger partial charge in [0.15, 0.2) is 5.82 Å². The lowest BCUT2D eigenvalue weighted by atomic mass is 10.0. The minimum absolute atomic E-state index is 0.00976. The maximum Gasteiger partial charge on any atom is 0.173 e. The first-order chi connectivity index (χ1) is 16.2. The highest BCUT2D eigenvalue weighted by Crippen LogP contribution is 2.31. The van der Waals surface area contributed by atoms with Gasteiger partial charge in [-0.25, -0.2) is 4.68 Å². The molecule has 0 saturated carbocycles. The van der Waals surface area contributed by atoms with Gasteiger partial charge in [0.2, 0.25) is 0 Å². The van der Waals surface area contributed by atoms with Crippen LogP contribution in [-0.4, -0.2) is 78.1 Å². The normalized spacial score (nSPS) is 20.2. The lowest BCUT2D eigenvalue weighted by Gasteiger charge is -2.40. The molecule has 8 heteroatoms. The Balaban J connectivity index is 1.41. The van der Waals surface area contributed by atoms with Crippen LogP contribution in [0.4, 0.5) is 11.4 Å². The lowest BCUT2D eigenvalue weighted by Crippen LogP contribution is -2.48. The van der Waals surface area contributed by atoms with Crippen molar-refractivity contribution >= 4 is 11.4 Å². The lowest BCUT2D eigenvalue weighted by molar-refractivity contribution is 0.0906. The van der Waals surface area contributed by atoms with Crippen LogP contribution >= 0.6 is 0 Å². The summed E-state index contributed by atoms with van der Waals surface area (Å²) in [5.41, 5.74) is 3.69. The van der Waals surface area contributed by atoms with E-state index in [2.05, 4.69) is 98.9 Å². The van der Waals surface area contributed by atoms with E-state index in [9.17, 15) is 0 Å². The molecule has 1 aromatic heterocycles. The molecular weight excluding hydrogens is 414 g/mol. The van der Waals surface area contributed by atoms with E-state index in [1.807, 2.05) is 4.68 Å². The van der Waals surface area contributed by atoms with Gasteiger partial charge in [0, 0.05) is 58.3 Å². The van der Waals surface area contributed by atoms with Crippen molar-refractivity contribution in [2.24, 2.45) is 0 Å².